The van der Waals surface area contributed by atoms with Crippen molar-refractivity contribution in [3.8, 4) is 0 Å². The summed E-state index contributed by atoms with van der Waals surface area (Å²) in [5.74, 6) is -0.322. The fourth-order valence-electron chi connectivity index (χ4n) is 2.89. The average molecular weight is 288 g/mol. The van der Waals surface area contributed by atoms with Crippen molar-refractivity contribution >= 4 is 17.9 Å². The Bertz CT molecular complexity index is 720. The Labute approximate surface area is 120 Å². The molecule has 2 heterocycles. The number of carbonyl (C=O) groups excluding carboxylic acids is 2. The van der Waals surface area contributed by atoms with Gasteiger partial charge in [-0.05, 0) is 25.8 Å². The number of hydrogen-bond acceptors (Lipinski definition) is 5. The van der Waals surface area contributed by atoms with E-state index in [-0.39, 0.29) is 17.9 Å². The third-order valence-corrected chi connectivity index (χ3v) is 3.91. The van der Waals surface area contributed by atoms with Crippen molar-refractivity contribution in [3.63, 3.8) is 0 Å². The van der Waals surface area contributed by atoms with Crippen molar-refractivity contribution in [2.45, 2.75) is 38.3 Å². The number of nitrogens with zero attached hydrogens (tertiary/aromatic N) is 2. The molecular formula is C14H16N4O3. The van der Waals surface area contributed by atoms with Gasteiger partial charge in [-0.3, -0.25) is 24.3 Å². The molecule has 0 radical (unpaired) electrons. The van der Waals surface area contributed by atoms with Crippen LogP contribution in [0.2, 0.25) is 0 Å². The number of nitrogens with two attached hydrogens (primary N) is 1. The maximum atomic E-state index is 12.7. The molecule has 0 bridgehead atoms. The molecule has 1 aliphatic heterocycles. The van der Waals surface area contributed by atoms with E-state index in [0.29, 0.717) is 29.9 Å². The number of amides is 2. The molecule has 3 N–H and O–H groups in total. The Morgan fingerprint density at radius 2 is 2.14 bits per heavy atom. The molecule has 0 spiro atoms. The number of carbonyl (C=O) groups is 2. The van der Waals surface area contributed by atoms with Crippen molar-refractivity contribution < 1.29 is 9.59 Å². The van der Waals surface area contributed by atoms with Crippen molar-refractivity contribution in [3.05, 3.63) is 33.5 Å². The zero-order valence-electron chi connectivity index (χ0n) is 11.6. The molecule has 1 aromatic rings. The van der Waals surface area contributed by atoms with Gasteiger partial charge >= 0.3 is 0 Å². The number of fused-ring (bicyclic) bond motifs is 1. The molecule has 21 heavy (non-hydrogen) atoms. The lowest BCUT2D eigenvalue weighted by Gasteiger charge is -2.26. The Morgan fingerprint density at radius 1 is 1.38 bits per heavy atom. The van der Waals surface area contributed by atoms with Gasteiger partial charge in [-0.15, -0.1) is 0 Å². The van der Waals surface area contributed by atoms with Crippen molar-refractivity contribution in [1.29, 1.82) is 0 Å². The highest BCUT2D eigenvalue weighted by Crippen LogP contribution is 2.24. The highest BCUT2D eigenvalue weighted by Gasteiger charge is 2.32. The van der Waals surface area contributed by atoms with Crippen LogP contribution in [0.5, 0.6) is 0 Å². The summed E-state index contributed by atoms with van der Waals surface area (Å²) < 4.78 is 1.36. The van der Waals surface area contributed by atoms with E-state index in [2.05, 4.69) is 10.3 Å². The first-order chi connectivity index (χ1) is 9.99. The number of nitrogens with one attached hydrogen (secondary N) is 1. The van der Waals surface area contributed by atoms with Gasteiger partial charge in [0.1, 0.15) is 11.9 Å². The minimum atomic E-state index is -0.703. The molecule has 2 amide bonds. The molecule has 2 aliphatic rings. The topological polar surface area (TPSA) is 107 Å². The summed E-state index contributed by atoms with van der Waals surface area (Å²) in [6.07, 6.45) is 4.75. The van der Waals surface area contributed by atoms with Crippen LogP contribution in [-0.2, 0) is 9.59 Å². The van der Waals surface area contributed by atoms with Gasteiger partial charge in [-0.25, -0.2) is 4.98 Å². The number of piperidine rings is 1. The Morgan fingerprint density at radius 3 is 2.86 bits per heavy atom. The summed E-state index contributed by atoms with van der Waals surface area (Å²) in [6, 6.07) is -1.11. The van der Waals surface area contributed by atoms with Crippen LogP contribution in [0.3, 0.4) is 0 Å². The van der Waals surface area contributed by atoms with Crippen molar-refractivity contribution in [2.75, 3.05) is 0 Å². The van der Waals surface area contributed by atoms with Crippen LogP contribution in [-0.4, -0.2) is 21.4 Å². The lowest BCUT2D eigenvalue weighted by Crippen LogP contribution is -2.46. The molecule has 2 unspecified atom stereocenters. The molecule has 1 aromatic heterocycles. The maximum absolute atomic E-state index is 12.7. The van der Waals surface area contributed by atoms with Crippen LogP contribution < -0.4 is 16.6 Å². The van der Waals surface area contributed by atoms with E-state index in [0.717, 1.165) is 0 Å². The molecule has 0 saturated carbocycles. The monoisotopic (exact) mass is 288 g/mol. The highest BCUT2D eigenvalue weighted by molar-refractivity contribution is 5.99. The standard InChI is InChI=1S/C14H16N4O3/c1-7-16-9-4-2-3-8(15)12(9)14(21)18(7)10-5-6-11(19)17-13(10)20/h2,4,8,10H,3,5-6,15H2,1H3,(H,17,19,20). The highest BCUT2D eigenvalue weighted by atomic mass is 16.2. The Balaban J connectivity index is 2.14. The molecule has 110 valence electrons. The molecule has 1 saturated heterocycles. The van der Waals surface area contributed by atoms with E-state index in [1.54, 1.807) is 13.0 Å². The van der Waals surface area contributed by atoms with E-state index in [9.17, 15) is 14.4 Å². The van der Waals surface area contributed by atoms with E-state index in [1.165, 1.54) is 4.57 Å². The molecule has 1 fully saturated rings. The quantitative estimate of drug-likeness (QED) is 0.704. The fraction of sp³-hybridized carbons (Fsp3) is 0.429. The van der Waals surface area contributed by atoms with Gasteiger partial charge in [0.25, 0.3) is 5.56 Å². The van der Waals surface area contributed by atoms with Crippen LogP contribution in [0.4, 0.5) is 0 Å². The van der Waals surface area contributed by atoms with E-state index in [4.69, 9.17) is 5.73 Å². The predicted molar refractivity (Wildman–Crippen MR) is 75.2 cm³/mol. The number of aromatic nitrogens is 2. The predicted octanol–water partition coefficient (Wildman–Crippen LogP) is -0.0539. The first-order valence-corrected chi connectivity index (χ1v) is 6.88. The number of aryl methyl sites for hydroxylation is 1. The van der Waals surface area contributed by atoms with Crippen LogP contribution >= 0.6 is 0 Å². The minimum Gasteiger partial charge on any atom is -0.323 e. The summed E-state index contributed by atoms with van der Waals surface area (Å²) in [7, 11) is 0. The first kappa shape index (κ1) is 13.7. The second-order valence-corrected chi connectivity index (χ2v) is 5.34. The number of imide groups is 1. The number of hydrogen-bond donors (Lipinski definition) is 2. The second-order valence-electron chi connectivity index (χ2n) is 5.34. The lowest BCUT2D eigenvalue weighted by molar-refractivity contribution is -0.135. The lowest BCUT2D eigenvalue weighted by atomic mass is 9.97. The fourth-order valence-corrected chi connectivity index (χ4v) is 2.89. The minimum absolute atomic E-state index is 0.214. The van der Waals surface area contributed by atoms with Crippen LogP contribution in [0, 0.1) is 6.92 Å². The molecular weight excluding hydrogens is 272 g/mol. The summed E-state index contributed by atoms with van der Waals surface area (Å²) >= 11 is 0. The van der Waals surface area contributed by atoms with Gasteiger partial charge in [-0.1, -0.05) is 6.08 Å². The molecule has 1 aliphatic carbocycles. The molecule has 3 rings (SSSR count). The zero-order valence-corrected chi connectivity index (χ0v) is 11.6. The van der Waals surface area contributed by atoms with Crippen molar-refractivity contribution in [2.24, 2.45) is 5.73 Å². The van der Waals surface area contributed by atoms with Gasteiger partial charge in [0.2, 0.25) is 11.8 Å². The van der Waals surface area contributed by atoms with Gasteiger partial charge < -0.3 is 5.73 Å². The molecule has 7 nitrogen and oxygen atoms in total. The zero-order chi connectivity index (χ0) is 15.1. The van der Waals surface area contributed by atoms with Gasteiger partial charge in [-0.2, -0.15) is 0 Å². The smallest absolute Gasteiger partial charge is 0.259 e. The van der Waals surface area contributed by atoms with Crippen LogP contribution in [0.25, 0.3) is 6.08 Å². The molecule has 7 heteroatoms. The van der Waals surface area contributed by atoms with Crippen LogP contribution in [0.1, 0.15) is 48.4 Å². The normalized spacial score (nSPS) is 24.7. The second kappa shape index (κ2) is 4.92. The van der Waals surface area contributed by atoms with Crippen LogP contribution in [0.15, 0.2) is 10.9 Å². The Hall–Kier alpha value is -2.28. The molecule has 2 atom stereocenters. The van der Waals surface area contributed by atoms with Crippen molar-refractivity contribution in [1.82, 2.24) is 14.9 Å². The first-order valence-electron chi connectivity index (χ1n) is 6.88. The van der Waals surface area contributed by atoms with E-state index < -0.39 is 18.0 Å². The number of rotatable bonds is 1. The summed E-state index contributed by atoms with van der Waals surface area (Å²) in [5, 5.41) is 2.26. The van der Waals surface area contributed by atoms with E-state index in [1.807, 2.05) is 6.08 Å². The Kier molecular flexibility index (Phi) is 3.21. The maximum Gasteiger partial charge on any atom is 0.259 e. The van der Waals surface area contributed by atoms with Gasteiger partial charge in [0.05, 0.1) is 11.3 Å². The third kappa shape index (κ3) is 2.19. The molecule has 0 aromatic carbocycles. The SMILES string of the molecule is Cc1nc2c(c(=O)n1C1CCC(=O)NC1=O)C(N)CC=C2. The summed E-state index contributed by atoms with van der Waals surface area (Å²) in [4.78, 5) is 40.3. The van der Waals surface area contributed by atoms with Gasteiger partial charge in [0, 0.05) is 12.5 Å². The van der Waals surface area contributed by atoms with Gasteiger partial charge in [0.15, 0.2) is 0 Å². The summed E-state index contributed by atoms with van der Waals surface area (Å²) in [5.41, 5.74) is 6.71. The average Bonchev–Trinajstić information content (AvgIpc) is 2.40. The summed E-state index contributed by atoms with van der Waals surface area (Å²) in [6.45, 7) is 1.68. The largest absolute Gasteiger partial charge is 0.323 e. The van der Waals surface area contributed by atoms with E-state index >= 15 is 0 Å². The third-order valence-electron chi connectivity index (χ3n) is 3.91.